The Kier molecular flexibility index (Phi) is 2.12. The van der Waals surface area contributed by atoms with Gasteiger partial charge in [0.1, 0.15) is 5.76 Å². The molecule has 1 aromatic heterocycles. The van der Waals surface area contributed by atoms with Gasteiger partial charge in [-0.25, -0.2) is 0 Å². The number of likely N-dealkylation sites (tertiary alicyclic amines) is 1. The molecule has 0 amide bonds. The van der Waals surface area contributed by atoms with Gasteiger partial charge in [-0.05, 0) is 27.3 Å². The van der Waals surface area contributed by atoms with Gasteiger partial charge in [-0.3, -0.25) is 4.90 Å². The number of likely N-dealkylation sites (N-methyl/N-ethyl adjacent to an activating group) is 1. The molecule has 2 heterocycles. The molecule has 0 spiro atoms. The third kappa shape index (κ3) is 1.11. The van der Waals surface area contributed by atoms with Crippen LogP contribution in [0.15, 0.2) is 10.7 Å². The minimum atomic E-state index is -0.121. The average Bonchev–Trinajstić information content (AvgIpc) is 2.67. The molecule has 0 aromatic carbocycles. The smallest absolute Gasteiger partial charge is 0.138 e. The van der Waals surface area contributed by atoms with Crippen molar-refractivity contribution in [1.82, 2.24) is 10.1 Å². The Balaban J connectivity index is 2.45. The van der Waals surface area contributed by atoms with Crippen molar-refractivity contribution in [2.75, 3.05) is 13.6 Å². The molecule has 2 N–H and O–H groups in total. The second-order valence-electron chi connectivity index (χ2n) is 4.26. The van der Waals surface area contributed by atoms with Crippen LogP contribution in [0, 0.1) is 6.92 Å². The summed E-state index contributed by atoms with van der Waals surface area (Å²) in [5, 5.41) is 3.82. The number of nitrogens with zero attached hydrogens (tertiary/aromatic N) is 2. The number of rotatable bonds is 1. The Morgan fingerprint density at radius 2 is 2.43 bits per heavy atom. The summed E-state index contributed by atoms with van der Waals surface area (Å²) >= 11 is 0. The summed E-state index contributed by atoms with van der Waals surface area (Å²) in [7, 11) is 2.10. The fourth-order valence-electron chi connectivity index (χ4n) is 2.32. The molecule has 2 rings (SSSR count). The highest BCUT2D eigenvalue weighted by molar-refractivity contribution is 5.27. The molecule has 0 saturated carbocycles. The molecule has 1 aliphatic heterocycles. The zero-order chi connectivity index (χ0) is 10.3. The van der Waals surface area contributed by atoms with Crippen molar-refractivity contribution in [1.29, 1.82) is 0 Å². The minimum absolute atomic E-state index is 0.121. The Morgan fingerprint density at radius 3 is 2.86 bits per heavy atom. The molecule has 1 aromatic rings. The second-order valence-corrected chi connectivity index (χ2v) is 4.26. The molecular formula is C10H17N3O. The molecule has 14 heavy (non-hydrogen) atoms. The van der Waals surface area contributed by atoms with Crippen LogP contribution in [-0.4, -0.2) is 29.7 Å². The van der Waals surface area contributed by atoms with Gasteiger partial charge in [0.05, 0.1) is 11.7 Å². The van der Waals surface area contributed by atoms with Crippen LogP contribution in [-0.2, 0) is 5.54 Å². The van der Waals surface area contributed by atoms with Gasteiger partial charge in [0.25, 0.3) is 0 Å². The summed E-state index contributed by atoms with van der Waals surface area (Å²) in [6, 6.07) is 0.158. The van der Waals surface area contributed by atoms with Gasteiger partial charge < -0.3 is 10.3 Å². The largest absolute Gasteiger partial charge is 0.361 e. The number of hydrogen-bond donors (Lipinski definition) is 1. The van der Waals surface area contributed by atoms with Crippen molar-refractivity contribution >= 4 is 0 Å². The highest BCUT2D eigenvalue weighted by Gasteiger charge is 2.44. The van der Waals surface area contributed by atoms with Gasteiger partial charge in [0, 0.05) is 18.2 Å². The maximum absolute atomic E-state index is 6.15. The molecule has 1 aliphatic rings. The average molecular weight is 195 g/mol. The van der Waals surface area contributed by atoms with E-state index in [0.717, 1.165) is 24.3 Å². The third-order valence-corrected chi connectivity index (χ3v) is 3.59. The molecule has 1 saturated heterocycles. The maximum Gasteiger partial charge on any atom is 0.138 e. The first-order valence-electron chi connectivity index (χ1n) is 4.95. The van der Waals surface area contributed by atoms with Gasteiger partial charge in [-0.1, -0.05) is 5.16 Å². The van der Waals surface area contributed by atoms with E-state index >= 15 is 0 Å². The van der Waals surface area contributed by atoms with E-state index in [2.05, 4.69) is 24.0 Å². The number of hydrogen-bond acceptors (Lipinski definition) is 4. The zero-order valence-electron chi connectivity index (χ0n) is 8.95. The molecule has 1 fully saturated rings. The van der Waals surface area contributed by atoms with Crippen LogP contribution in [0.4, 0.5) is 0 Å². The van der Waals surface area contributed by atoms with E-state index < -0.39 is 0 Å². The van der Waals surface area contributed by atoms with Gasteiger partial charge in [-0.2, -0.15) is 0 Å². The molecule has 2 atom stereocenters. The Labute approximate surface area is 84.0 Å². The van der Waals surface area contributed by atoms with Crippen LogP contribution in [0.3, 0.4) is 0 Å². The molecule has 2 unspecified atom stereocenters. The topological polar surface area (TPSA) is 55.3 Å². The van der Waals surface area contributed by atoms with Crippen LogP contribution in [0.25, 0.3) is 0 Å². The lowest BCUT2D eigenvalue weighted by Gasteiger charge is -2.35. The van der Waals surface area contributed by atoms with Gasteiger partial charge in [0.15, 0.2) is 0 Å². The van der Waals surface area contributed by atoms with E-state index in [4.69, 9.17) is 10.3 Å². The van der Waals surface area contributed by atoms with Crippen LogP contribution in [0.2, 0.25) is 0 Å². The SMILES string of the molecule is Cc1oncc1C1(C)C(N)CCN1C. The molecule has 0 radical (unpaired) electrons. The van der Waals surface area contributed by atoms with Crippen LogP contribution in [0.1, 0.15) is 24.7 Å². The van der Waals surface area contributed by atoms with E-state index in [0.29, 0.717) is 0 Å². The third-order valence-electron chi connectivity index (χ3n) is 3.59. The monoisotopic (exact) mass is 195 g/mol. The fraction of sp³-hybridized carbons (Fsp3) is 0.700. The zero-order valence-corrected chi connectivity index (χ0v) is 8.95. The van der Waals surface area contributed by atoms with Crippen molar-refractivity contribution in [2.24, 2.45) is 5.73 Å². The molecule has 0 bridgehead atoms. The van der Waals surface area contributed by atoms with Crippen molar-refractivity contribution in [3.63, 3.8) is 0 Å². The number of aryl methyl sites for hydroxylation is 1. The van der Waals surface area contributed by atoms with Crippen LogP contribution < -0.4 is 5.73 Å². The normalized spacial score (nSPS) is 33.9. The molecular weight excluding hydrogens is 178 g/mol. The first kappa shape index (κ1) is 9.68. The summed E-state index contributed by atoms with van der Waals surface area (Å²) in [5.74, 6) is 0.872. The van der Waals surface area contributed by atoms with E-state index in [1.54, 1.807) is 6.20 Å². The lowest BCUT2D eigenvalue weighted by molar-refractivity contribution is 0.178. The lowest BCUT2D eigenvalue weighted by Crippen LogP contribution is -2.47. The Morgan fingerprint density at radius 1 is 1.71 bits per heavy atom. The Hall–Kier alpha value is -0.870. The quantitative estimate of drug-likeness (QED) is 0.722. The number of nitrogens with two attached hydrogens (primary N) is 1. The predicted molar refractivity (Wildman–Crippen MR) is 53.8 cm³/mol. The van der Waals surface area contributed by atoms with E-state index in [1.807, 2.05) is 6.92 Å². The van der Waals surface area contributed by atoms with E-state index in [9.17, 15) is 0 Å². The van der Waals surface area contributed by atoms with Crippen molar-refractivity contribution in [3.8, 4) is 0 Å². The molecule has 78 valence electrons. The number of aromatic nitrogens is 1. The minimum Gasteiger partial charge on any atom is -0.361 e. The van der Waals surface area contributed by atoms with Crippen LogP contribution in [0.5, 0.6) is 0 Å². The highest BCUT2D eigenvalue weighted by atomic mass is 16.5. The summed E-state index contributed by atoms with van der Waals surface area (Å²) in [5.41, 5.74) is 7.15. The molecule has 0 aliphatic carbocycles. The highest BCUT2D eigenvalue weighted by Crippen LogP contribution is 2.37. The van der Waals surface area contributed by atoms with E-state index in [1.165, 1.54) is 0 Å². The summed E-state index contributed by atoms with van der Waals surface area (Å²) in [4.78, 5) is 2.28. The lowest BCUT2D eigenvalue weighted by atomic mass is 9.86. The van der Waals surface area contributed by atoms with Crippen LogP contribution >= 0.6 is 0 Å². The van der Waals surface area contributed by atoms with Crippen molar-refractivity contribution in [2.45, 2.75) is 31.8 Å². The first-order valence-corrected chi connectivity index (χ1v) is 4.95. The summed E-state index contributed by atoms with van der Waals surface area (Å²) in [6.45, 7) is 5.12. The molecule has 4 heteroatoms. The van der Waals surface area contributed by atoms with E-state index in [-0.39, 0.29) is 11.6 Å². The van der Waals surface area contributed by atoms with Crippen molar-refractivity contribution in [3.05, 3.63) is 17.5 Å². The predicted octanol–water partition coefficient (Wildman–Crippen LogP) is 0.861. The summed E-state index contributed by atoms with van der Waals surface area (Å²) in [6.07, 6.45) is 2.81. The first-order chi connectivity index (χ1) is 6.56. The Bertz CT molecular complexity index is 324. The fourth-order valence-corrected chi connectivity index (χ4v) is 2.32. The van der Waals surface area contributed by atoms with Gasteiger partial charge in [-0.15, -0.1) is 0 Å². The summed E-state index contributed by atoms with van der Waals surface area (Å²) < 4.78 is 5.11. The maximum atomic E-state index is 6.15. The second kappa shape index (κ2) is 3.07. The van der Waals surface area contributed by atoms with Gasteiger partial charge in [0.2, 0.25) is 0 Å². The van der Waals surface area contributed by atoms with Gasteiger partial charge >= 0.3 is 0 Å². The van der Waals surface area contributed by atoms with Crippen molar-refractivity contribution < 1.29 is 4.52 Å². The standard InChI is InChI=1S/C10H17N3O/c1-7-8(6-12-14-7)10(2)9(11)4-5-13(10)3/h6,9H,4-5,11H2,1-3H3. The molecule has 4 nitrogen and oxygen atoms in total.